The number of amides is 1. The number of likely N-dealkylation sites (tertiary alicyclic amines) is 1. The Kier molecular flexibility index (Phi) is 3.25. The first kappa shape index (κ1) is 12.6. The molecule has 1 aromatic rings. The predicted octanol–water partition coefficient (Wildman–Crippen LogP) is 3.37. The fraction of sp³-hybridized carbons (Fsp3) is 0.533. The summed E-state index contributed by atoms with van der Waals surface area (Å²) < 4.78 is 27.0. The zero-order valence-electron chi connectivity index (χ0n) is 10.7. The molecule has 0 bridgehead atoms. The van der Waals surface area contributed by atoms with Crippen LogP contribution in [0.15, 0.2) is 18.2 Å². The molecule has 19 heavy (non-hydrogen) atoms. The summed E-state index contributed by atoms with van der Waals surface area (Å²) in [7, 11) is 0. The van der Waals surface area contributed by atoms with Crippen LogP contribution in [0.5, 0.6) is 0 Å². The van der Waals surface area contributed by atoms with Crippen molar-refractivity contribution in [2.75, 3.05) is 6.54 Å². The van der Waals surface area contributed by atoms with Gasteiger partial charge in [0.05, 0.1) is 5.56 Å². The van der Waals surface area contributed by atoms with E-state index in [1.807, 2.05) is 0 Å². The molecule has 1 saturated carbocycles. The van der Waals surface area contributed by atoms with E-state index in [0.29, 0.717) is 12.5 Å². The Morgan fingerprint density at radius 2 is 1.95 bits per heavy atom. The van der Waals surface area contributed by atoms with E-state index >= 15 is 0 Å². The van der Waals surface area contributed by atoms with E-state index in [0.717, 1.165) is 38.2 Å². The van der Waals surface area contributed by atoms with Gasteiger partial charge in [0.1, 0.15) is 0 Å². The van der Waals surface area contributed by atoms with Gasteiger partial charge in [-0.25, -0.2) is 8.78 Å². The molecule has 1 amide bonds. The summed E-state index contributed by atoms with van der Waals surface area (Å²) in [6.07, 6.45) is 5.39. The van der Waals surface area contributed by atoms with Crippen molar-refractivity contribution < 1.29 is 13.6 Å². The van der Waals surface area contributed by atoms with Gasteiger partial charge >= 0.3 is 0 Å². The summed E-state index contributed by atoms with van der Waals surface area (Å²) in [6.45, 7) is 0.663. The number of benzene rings is 1. The van der Waals surface area contributed by atoms with Crippen LogP contribution in [-0.2, 0) is 0 Å². The summed E-state index contributed by atoms with van der Waals surface area (Å²) in [4.78, 5) is 14.2. The predicted molar refractivity (Wildman–Crippen MR) is 67.8 cm³/mol. The van der Waals surface area contributed by atoms with Gasteiger partial charge in [0.25, 0.3) is 5.91 Å². The van der Waals surface area contributed by atoms with Crippen LogP contribution in [0.1, 0.15) is 42.5 Å². The van der Waals surface area contributed by atoms with Crippen molar-refractivity contribution in [3.05, 3.63) is 35.4 Å². The van der Waals surface area contributed by atoms with E-state index in [9.17, 15) is 13.6 Å². The van der Waals surface area contributed by atoms with Crippen LogP contribution >= 0.6 is 0 Å². The van der Waals surface area contributed by atoms with Crippen molar-refractivity contribution in [1.82, 2.24) is 4.90 Å². The molecule has 2 aliphatic rings. The Bertz CT molecular complexity index is 503. The van der Waals surface area contributed by atoms with Gasteiger partial charge in [-0.15, -0.1) is 0 Å². The van der Waals surface area contributed by atoms with Crippen molar-refractivity contribution in [1.29, 1.82) is 0 Å². The first-order chi connectivity index (χ1) is 9.18. The minimum absolute atomic E-state index is 0.132. The molecular weight excluding hydrogens is 248 g/mol. The largest absolute Gasteiger partial charge is 0.335 e. The number of hydrogen-bond acceptors (Lipinski definition) is 1. The highest BCUT2D eigenvalue weighted by Crippen LogP contribution is 2.37. The lowest BCUT2D eigenvalue weighted by molar-refractivity contribution is 0.0542. The lowest BCUT2D eigenvalue weighted by Gasteiger charge is -2.37. The van der Waals surface area contributed by atoms with E-state index in [2.05, 4.69) is 0 Å². The molecule has 2 atom stereocenters. The molecule has 1 saturated heterocycles. The lowest BCUT2D eigenvalue weighted by atomic mass is 9.91. The Morgan fingerprint density at radius 3 is 2.79 bits per heavy atom. The van der Waals surface area contributed by atoms with E-state index < -0.39 is 11.6 Å². The van der Waals surface area contributed by atoms with Crippen molar-refractivity contribution in [3.63, 3.8) is 0 Å². The van der Waals surface area contributed by atoms with Crippen molar-refractivity contribution in [2.45, 2.75) is 38.1 Å². The molecule has 0 N–H and O–H groups in total. The monoisotopic (exact) mass is 265 g/mol. The summed E-state index contributed by atoms with van der Waals surface area (Å²) in [5.41, 5.74) is -0.132. The maximum absolute atomic E-state index is 13.7. The highest BCUT2D eigenvalue weighted by atomic mass is 19.2. The number of piperidine rings is 1. The average Bonchev–Trinajstić information content (AvgIpc) is 2.89. The third-order valence-electron chi connectivity index (χ3n) is 4.44. The molecule has 2 nitrogen and oxygen atoms in total. The van der Waals surface area contributed by atoms with Gasteiger partial charge in [-0.1, -0.05) is 12.5 Å². The fourth-order valence-corrected chi connectivity index (χ4v) is 3.53. The quantitative estimate of drug-likeness (QED) is 0.762. The number of fused-ring (bicyclic) bond motifs is 1. The van der Waals surface area contributed by atoms with Gasteiger partial charge in [0.15, 0.2) is 11.6 Å². The van der Waals surface area contributed by atoms with E-state index in [1.165, 1.54) is 12.1 Å². The molecule has 0 aromatic heterocycles. The Hall–Kier alpha value is -1.45. The zero-order chi connectivity index (χ0) is 13.4. The Balaban J connectivity index is 1.88. The smallest absolute Gasteiger partial charge is 0.257 e. The van der Waals surface area contributed by atoms with Gasteiger partial charge in [-0.3, -0.25) is 4.79 Å². The highest BCUT2D eigenvalue weighted by Gasteiger charge is 2.38. The molecule has 1 aliphatic carbocycles. The average molecular weight is 265 g/mol. The molecule has 3 rings (SSSR count). The summed E-state index contributed by atoms with van der Waals surface area (Å²) in [5, 5.41) is 0. The molecule has 2 fully saturated rings. The molecule has 0 spiro atoms. The van der Waals surface area contributed by atoms with Crippen molar-refractivity contribution in [2.24, 2.45) is 5.92 Å². The van der Waals surface area contributed by atoms with Crippen LogP contribution < -0.4 is 0 Å². The first-order valence-electron chi connectivity index (χ1n) is 6.93. The number of nitrogens with zero attached hydrogens (tertiary/aromatic N) is 1. The van der Waals surface area contributed by atoms with Crippen LogP contribution in [0, 0.1) is 17.6 Å². The normalized spacial score (nSPS) is 26.3. The van der Waals surface area contributed by atoms with Gasteiger partial charge < -0.3 is 4.90 Å². The Morgan fingerprint density at radius 1 is 1.16 bits per heavy atom. The summed E-state index contributed by atoms with van der Waals surface area (Å²) >= 11 is 0. The minimum atomic E-state index is -1.02. The second-order valence-corrected chi connectivity index (χ2v) is 5.50. The molecule has 0 radical (unpaired) electrons. The molecule has 4 heteroatoms. The Labute approximate surface area is 111 Å². The number of halogens is 2. The number of carbonyl (C=O) groups is 1. The molecule has 102 valence electrons. The van der Waals surface area contributed by atoms with Gasteiger partial charge in [-0.2, -0.15) is 0 Å². The number of rotatable bonds is 1. The van der Waals surface area contributed by atoms with Crippen LogP contribution in [0.25, 0.3) is 0 Å². The number of hydrogen-bond donors (Lipinski definition) is 0. The summed E-state index contributed by atoms with van der Waals surface area (Å²) in [6, 6.07) is 4.03. The SMILES string of the molecule is O=C(c1cccc(F)c1F)N1CCCC2CCCC21. The van der Waals surface area contributed by atoms with Crippen LogP contribution in [-0.4, -0.2) is 23.4 Å². The molecule has 1 aromatic carbocycles. The molecule has 1 heterocycles. The third-order valence-corrected chi connectivity index (χ3v) is 4.44. The van der Waals surface area contributed by atoms with Crippen LogP contribution in [0.4, 0.5) is 8.78 Å². The van der Waals surface area contributed by atoms with Crippen molar-refractivity contribution in [3.8, 4) is 0 Å². The second-order valence-electron chi connectivity index (χ2n) is 5.50. The maximum Gasteiger partial charge on any atom is 0.257 e. The van der Waals surface area contributed by atoms with Crippen molar-refractivity contribution >= 4 is 5.91 Å². The first-order valence-corrected chi connectivity index (χ1v) is 6.93. The van der Waals surface area contributed by atoms with Gasteiger partial charge in [-0.05, 0) is 43.7 Å². The highest BCUT2D eigenvalue weighted by molar-refractivity contribution is 5.94. The van der Waals surface area contributed by atoms with E-state index in [1.54, 1.807) is 4.90 Å². The fourth-order valence-electron chi connectivity index (χ4n) is 3.53. The zero-order valence-corrected chi connectivity index (χ0v) is 10.7. The second kappa shape index (κ2) is 4.91. The standard InChI is InChI=1S/C15H17F2NO/c16-12-7-2-6-11(14(12)17)15(19)18-9-3-5-10-4-1-8-13(10)18/h2,6-7,10,13H,1,3-5,8-9H2. The molecule has 1 aliphatic heterocycles. The van der Waals surface area contributed by atoms with E-state index in [-0.39, 0.29) is 17.5 Å². The van der Waals surface area contributed by atoms with Crippen LogP contribution in [0.2, 0.25) is 0 Å². The molecule has 2 unspecified atom stereocenters. The lowest BCUT2D eigenvalue weighted by Crippen LogP contribution is -2.46. The topological polar surface area (TPSA) is 20.3 Å². The maximum atomic E-state index is 13.7. The van der Waals surface area contributed by atoms with Crippen LogP contribution in [0.3, 0.4) is 0 Å². The van der Waals surface area contributed by atoms with Gasteiger partial charge in [0.2, 0.25) is 0 Å². The third kappa shape index (κ3) is 2.13. The minimum Gasteiger partial charge on any atom is -0.335 e. The van der Waals surface area contributed by atoms with Gasteiger partial charge in [0, 0.05) is 12.6 Å². The summed E-state index contributed by atoms with van der Waals surface area (Å²) in [5.74, 6) is -1.78. The molecular formula is C15H17F2NO. The number of carbonyl (C=O) groups excluding carboxylic acids is 1. The van der Waals surface area contributed by atoms with E-state index in [4.69, 9.17) is 0 Å².